The van der Waals surface area contributed by atoms with Crippen molar-refractivity contribution in [3.05, 3.63) is 64.2 Å². The minimum Gasteiger partial charge on any atom is -0.477 e. The van der Waals surface area contributed by atoms with Crippen molar-refractivity contribution in [1.29, 1.82) is 0 Å². The molecule has 0 saturated carbocycles. The van der Waals surface area contributed by atoms with E-state index in [-0.39, 0.29) is 5.56 Å². The van der Waals surface area contributed by atoms with E-state index in [4.69, 9.17) is 9.84 Å². The molecule has 2 N–H and O–H groups in total. The van der Waals surface area contributed by atoms with E-state index in [2.05, 4.69) is 9.97 Å². The van der Waals surface area contributed by atoms with Crippen LogP contribution in [0.1, 0.15) is 16.1 Å². The highest BCUT2D eigenvalue weighted by atomic mass is 16.5. The van der Waals surface area contributed by atoms with Gasteiger partial charge >= 0.3 is 5.97 Å². The minimum absolute atomic E-state index is 0.275. The van der Waals surface area contributed by atoms with Gasteiger partial charge in [0.1, 0.15) is 5.56 Å². The van der Waals surface area contributed by atoms with Crippen LogP contribution >= 0.6 is 0 Å². The molecule has 0 bridgehead atoms. The summed E-state index contributed by atoms with van der Waals surface area (Å²) in [5, 5.41) is 9.39. The predicted molar refractivity (Wildman–Crippen MR) is 85.5 cm³/mol. The Morgan fingerprint density at radius 3 is 2.70 bits per heavy atom. The van der Waals surface area contributed by atoms with Gasteiger partial charge in [-0.2, -0.15) is 0 Å². The van der Waals surface area contributed by atoms with E-state index < -0.39 is 11.4 Å². The van der Waals surface area contributed by atoms with Crippen LogP contribution in [-0.2, 0) is 11.3 Å². The molecule has 0 unspecified atom stereocenters. The molecule has 116 valence electrons. The van der Waals surface area contributed by atoms with E-state index in [1.807, 2.05) is 18.2 Å². The molecule has 3 rings (SSSR count). The summed E-state index contributed by atoms with van der Waals surface area (Å²) in [4.78, 5) is 30.5. The third-order valence-electron chi connectivity index (χ3n) is 3.56. The molecule has 0 fully saturated rings. The van der Waals surface area contributed by atoms with Crippen molar-refractivity contribution in [2.45, 2.75) is 6.61 Å². The molecule has 3 aromatic rings. The van der Waals surface area contributed by atoms with Gasteiger partial charge in [-0.1, -0.05) is 12.1 Å². The van der Waals surface area contributed by atoms with Crippen LogP contribution in [0.5, 0.6) is 0 Å². The normalized spacial score (nSPS) is 10.8. The lowest BCUT2D eigenvalue weighted by molar-refractivity contribution is 0.0695. The number of carboxylic acid groups (broad SMARTS) is 1. The van der Waals surface area contributed by atoms with Crippen molar-refractivity contribution in [3.63, 3.8) is 0 Å². The van der Waals surface area contributed by atoms with Crippen LogP contribution in [0.2, 0.25) is 0 Å². The second-order valence-corrected chi connectivity index (χ2v) is 5.07. The van der Waals surface area contributed by atoms with E-state index in [0.717, 1.165) is 16.8 Å². The number of H-pyrrole nitrogens is 1. The van der Waals surface area contributed by atoms with Crippen LogP contribution in [0.3, 0.4) is 0 Å². The second kappa shape index (κ2) is 6.02. The lowest BCUT2D eigenvalue weighted by Crippen LogP contribution is -2.15. The summed E-state index contributed by atoms with van der Waals surface area (Å²) < 4.78 is 5.02. The maximum absolute atomic E-state index is 12.3. The standard InChI is InChI=1S/C17H14N2O4/c1-23-9-12-4-2-11(7-18-12)10-3-5-15-13(6-10)16(20)14(8-19-15)17(21)22/h2-8H,9H2,1H3,(H,19,20)(H,21,22). The first-order valence-electron chi connectivity index (χ1n) is 6.93. The Morgan fingerprint density at radius 1 is 1.26 bits per heavy atom. The van der Waals surface area contributed by atoms with Gasteiger partial charge in [0.15, 0.2) is 0 Å². The fraction of sp³-hybridized carbons (Fsp3) is 0.118. The van der Waals surface area contributed by atoms with Crippen molar-refractivity contribution >= 4 is 16.9 Å². The number of carbonyl (C=O) groups is 1. The van der Waals surface area contributed by atoms with Crippen molar-refractivity contribution in [1.82, 2.24) is 9.97 Å². The molecular formula is C17H14N2O4. The van der Waals surface area contributed by atoms with Gasteiger partial charge in [0.25, 0.3) is 0 Å². The van der Waals surface area contributed by atoms with Crippen molar-refractivity contribution < 1.29 is 14.6 Å². The van der Waals surface area contributed by atoms with Crippen LogP contribution in [0.15, 0.2) is 47.5 Å². The maximum Gasteiger partial charge on any atom is 0.341 e. The zero-order valence-electron chi connectivity index (χ0n) is 12.4. The Kier molecular flexibility index (Phi) is 3.91. The zero-order chi connectivity index (χ0) is 16.4. The topological polar surface area (TPSA) is 92.3 Å². The number of aromatic nitrogens is 2. The first kappa shape index (κ1) is 14.9. The lowest BCUT2D eigenvalue weighted by Gasteiger charge is -2.06. The van der Waals surface area contributed by atoms with Crippen molar-refractivity contribution in [2.75, 3.05) is 7.11 Å². The number of carboxylic acids is 1. The van der Waals surface area contributed by atoms with Gasteiger partial charge in [0.2, 0.25) is 5.43 Å². The number of pyridine rings is 2. The molecule has 0 spiro atoms. The summed E-state index contributed by atoms with van der Waals surface area (Å²) in [7, 11) is 1.60. The largest absolute Gasteiger partial charge is 0.477 e. The SMILES string of the molecule is COCc1ccc(-c2ccc3[nH]cc(C(=O)O)c(=O)c3c2)cn1. The number of hydrogen-bond donors (Lipinski definition) is 2. The summed E-state index contributed by atoms with van der Waals surface area (Å²) in [5.74, 6) is -1.25. The van der Waals surface area contributed by atoms with Gasteiger partial charge in [-0.05, 0) is 23.8 Å². The third kappa shape index (κ3) is 2.84. The van der Waals surface area contributed by atoms with Gasteiger partial charge < -0.3 is 14.8 Å². The van der Waals surface area contributed by atoms with E-state index >= 15 is 0 Å². The smallest absolute Gasteiger partial charge is 0.341 e. The van der Waals surface area contributed by atoms with E-state index in [1.165, 1.54) is 6.20 Å². The van der Waals surface area contributed by atoms with Crippen LogP contribution in [0, 0.1) is 0 Å². The highest BCUT2D eigenvalue weighted by Gasteiger charge is 2.12. The summed E-state index contributed by atoms with van der Waals surface area (Å²) in [6.07, 6.45) is 2.92. The van der Waals surface area contributed by atoms with E-state index in [0.29, 0.717) is 17.5 Å². The van der Waals surface area contributed by atoms with Crippen LogP contribution in [0.4, 0.5) is 0 Å². The molecule has 0 atom stereocenters. The number of benzene rings is 1. The molecule has 1 aromatic carbocycles. The first-order chi connectivity index (χ1) is 11.1. The third-order valence-corrected chi connectivity index (χ3v) is 3.56. The van der Waals surface area contributed by atoms with Crippen LogP contribution in [0.25, 0.3) is 22.0 Å². The maximum atomic E-state index is 12.3. The number of fused-ring (bicyclic) bond motifs is 1. The number of rotatable bonds is 4. The molecule has 0 radical (unpaired) electrons. The summed E-state index contributed by atoms with van der Waals surface area (Å²) in [6, 6.07) is 9.01. The molecule has 2 heterocycles. The number of aromatic amines is 1. The molecule has 6 heteroatoms. The van der Waals surface area contributed by atoms with Gasteiger partial charge in [-0.25, -0.2) is 4.79 Å². The number of aromatic carboxylic acids is 1. The van der Waals surface area contributed by atoms with E-state index in [9.17, 15) is 9.59 Å². The van der Waals surface area contributed by atoms with Gasteiger partial charge in [0, 0.05) is 36.0 Å². The number of hydrogen-bond acceptors (Lipinski definition) is 4. The highest BCUT2D eigenvalue weighted by molar-refractivity contribution is 5.93. The molecule has 0 aliphatic heterocycles. The van der Waals surface area contributed by atoms with Crippen LogP contribution in [-0.4, -0.2) is 28.2 Å². The Labute approximate surface area is 131 Å². The molecule has 0 aliphatic carbocycles. The zero-order valence-corrected chi connectivity index (χ0v) is 12.4. The Hall–Kier alpha value is -2.99. The molecule has 0 amide bonds. The summed E-state index contributed by atoms with van der Waals surface area (Å²) in [6.45, 7) is 0.430. The average Bonchev–Trinajstić information content (AvgIpc) is 2.56. The number of methoxy groups -OCH3 is 1. The van der Waals surface area contributed by atoms with Crippen LogP contribution < -0.4 is 5.43 Å². The first-order valence-corrected chi connectivity index (χ1v) is 6.93. The molecular weight excluding hydrogens is 296 g/mol. The Bertz CT molecular complexity index is 929. The van der Waals surface area contributed by atoms with Crippen molar-refractivity contribution in [2.24, 2.45) is 0 Å². The monoisotopic (exact) mass is 310 g/mol. The molecule has 0 saturated heterocycles. The van der Waals surface area contributed by atoms with Gasteiger partial charge in [-0.15, -0.1) is 0 Å². The molecule has 2 aromatic heterocycles. The lowest BCUT2D eigenvalue weighted by atomic mass is 10.0. The van der Waals surface area contributed by atoms with Crippen molar-refractivity contribution in [3.8, 4) is 11.1 Å². The quantitative estimate of drug-likeness (QED) is 0.772. The highest BCUT2D eigenvalue weighted by Crippen LogP contribution is 2.22. The average molecular weight is 310 g/mol. The fourth-order valence-electron chi connectivity index (χ4n) is 2.39. The number of ether oxygens (including phenoxy) is 1. The predicted octanol–water partition coefficient (Wildman–Crippen LogP) is 2.43. The summed E-state index contributed by atoms with van der Waals surface area (Å²) in [5.41, 5.74) is 2.25. The molecule has 0 aliphatic rings. The van der Waals surface area contributed by atoms with E-state index in [1.54, 1.807) is 25.4 Å². The fourth-order valence-corrected chi connectivity index (χ4v) is 2.39. The number of nitrogens with one attached hydrogen (secondary N) is 1. The number of nitrogens with zero attached hydrogens (tertiary/aromatic N) is 1. The Morgan fingerprint density at radius 2 is 2.04 bits per heavy atom. The second-order valence-electron chi connectivity index (χ2n) is 5.07. The molecule has 6 nitrogen and oxygen atoms in total. The summed E-state index contributed by atoms with van der Waals surface area (Å²) >= 11 is 0. The minimum atomic E-state index is -1.25. The van der Waals surface area contributed by atoms with Gasteiger partial charge in [0.05, 0.1) is 12.3 Å². The van der Waals surface area contributed by atoms with Gasteiger partial charge in [-0.3, -0.25) is 9.78 Å². The Balaban J connectivity index is 2.10. The molecule has 23 heavy (non-hydrogen) atoms.